The Morgan fingerprint density at radius 2 is 2.00 bits per heavy atom. The summed E-state index contributed by atoms with van der Waals surface area (Å²) in [6.07, 6.45) is 2.60. The first-order chi connectivity index (χ1) is 9.03. The van der Waals surface area contributed by atoms with Gasteiger partial charge in [-0.05, 0) is 12.8 Å². The van der Waals surface area contributed by atoms with E-state index in [-0.39, 0.29) is 23.2 Å². The maximum absolute atomic E-state index is 12.0. The molecule has 2 amide bonds. The van der Waals surface area contributed by atoms with Crippen LogP contribution in [0.2, 0.25) is 0 Å². The third-order valence-corrected chi connectivity index (χ3v) is 3.77. The van der Waals surface area contributed by atoms with E-state index in [0.717, 1.165) is 6.42 Å². The van der Waals surface area contributed by atoms with Gasteiger partial charge in [0, 0.05) is 26.6 Å². The normalized spacial score (nSPS) is 16.3. The molecule has 1 rings (SSSR count). The highest BCUT2D eigenvalue weighted by Crippen LogP contribution is 2.41. The van der Waals surface area contributed by atoms with E-state index in [1.54, 1.807) is 7.11 Å². The SMILES string of the molecule is COCCNC(=O)CCNC(=O)C1(C(N)=S)CCC1. The van der Waals surface area contributed by atoms with E-state index < -0.39 is 5.41 Å². The first kappa shape index (κ1) is 15.8. The van der Waals surface area contributed by atoms with Crippen LogP contribution in [-0.2, 0) is 14.3 Å². The maximum Gasteiger partial charge on any atom is 0.233 e. The van der Waals surface area contributed by atoms with Gasteiger partial charge in [-0.25, -0.2) is 0 Å². The fourth-order valence-corrected chi connectivity index (χ4v) is 2.25. The molecule has 0 aromatic carbocycles. The van der Waals surface area contributed by atoms with Crippen LogP contribution in [0.1, 0.15) is 25.7 Å². The molecule has 0 radical (unpaired) electrons. The minimum atomic E-state index is -0.679. The summed E-state index contributed by atoms with van der Waals surface area (Å²) in [6, 6.07) is 0. The summed E-state index contributed by atoms with van der Waals surface area (Å²) < 4.78 is 4.82. The lowest BCUT2D eigenvalue weighted by atomic mass is 9.68. The highest BCUT2D eigenvalue weighted by atomic mass is 32.1. The van der Waals surface area contributed by atoms with Gasteiger partial charge in [0.05, 0.1) is 17.0 Å². The van der Waals surface area contributed by atoms with Crippen molar-refractivity contribution in [1.29, 1.82) is 0 Å². The van der Waals surface area contributed by atoms with Gasteiger partial charge in [-0.3, -0.25) is 9.59 Å². The number of carbonyl (C=O) groups excluding carboxylic acids is 2. The number of hydrogen-bond donors (Lipinski definition) is 3. The fourth-order valence-electron chi connectivity index (χ4n) is 1.96. The van der Waals surface area contributed by atoms with E-state index in [1.165, 1.54) is 0 Å². The van der Waals surface area contributed by atoms with Gasteiger partial charge in [0.15, 0.2) is 0 Å². The van der Waals surface area contributed by atoms with Gasteiger partial charge in [-0.1, -0.05) is 18.6 Å². The topological polar surface area (TPSA) is 93.5 Å². The molecule has 1 fully saturated rings. The summed E-state index contributed by atoms with van der Waals surface area (Å²) in [7, 11) is 1.57. The Balaban J connectivity index is 2.23. The van der Waals surface area contributed by atoms with Crippen molar-refractivity contribution in [3.05, 3.63) is 0 Å². The van der Waals surface area contributed by atoms with Crippen LogP contribution in [-0.4, -0.2) is 43.6 Å². The standard InChI is InChI=1S/C12H21N3O3S/c1-18-8-7-14-9(16)3-6-15-11(17)12(10(13)19)4-2-5-12/h2-8H2,1H3,(H2,13,19)(H,14,16)(H,15,17). The zero-order valence-corrected chi connectivity index (χ0v) is 12.0. The number of hydrogen-bond acceptors (Lipinski definition) is 4. The number of amides is 2. The highest BCUT2D eigenvalue weighted by Gasteiger charge is 2.46. The molecule has 1 aliphatic rings. The van der Waals surface area contributed by atoms with E-state index >= 15 is 0 Å². The molecule has 0 unspecified atom stereocenters. The third-order valence-electron chi connectivity index (χ3n) is 3.38. The van der Waals surface area contributed by atoms with Crippen LogP contribution in [0.4, 0.5) is 0 Å². The highest BCUT2D eigenvalue weighted by molar-refractivity contribution is 7.80. The van der Waals surface area contributed by atoms with Crippen LogP contribution >= 0.6 is 12.2 Å². The summed E-state index contributed by atoms with van der Waals surface area (Å²) in [5.74, 6) is -0.272. The molecule has 0 aromatic heterocycles. The Morgan fingerprint density at radius 3 is 2.47 bits per heavy atom. The first-order valence-corrected chi connectivity index (χ1v) is 6.77. The quantitative estimate of drug-likeness (QED) is 0.421. The second kappa shape index (κ2) is 7.40. The molecule has 4 N–H and O–H groups in total. The number of carbonyl (C=O) groups is 2. The second-order valence-electron chi connectivity index (χ2n) is 4.65. The molecule has 7 heteroatoms. The Morgan fingerprint density at radius 1 is 1.32 bits per heavy atom. The molecule has 0 bridgehead atoms. The van der Waals surface area contributed by atoms with Crippen LogP contribution in [0.15, 0.2) is 0 Å². The Kier molecular flexibility index (Phi) is 6.17. The fraction of sp³-hybridized carbons (Fsp3) is 0.750. The molecule has 0 atom stereocenters. The van der Waals surface area contributed by atoms with Gasteiger partial charge in [0.1, 0.15) is 0 Å². The summed E-state index contributed by atoms with van der Waals surface area (Å²) in [4.78, 5) is 23.6. The maximum atomic E-state index is 12.0. The number of methoxy groups -OCH3 is 1. The molecule has 1 aliphatic carbocycles. The molecule has 0 aromatic rings. The molecule has 0 spiro atoms. The minimum Gasteiger partial charge on any atom is -0.392 e. The van der Waals surface area contributed by atoms with E-state index in [1.807, 2.05) is 0 Å². The lowest BCUT2D eigenvalue weighted by Crippen LogP contribution is -2.53. The average molecular weight is 287 g/mol. The third kappa shape index (κ3) is 4.14. The summed E-state index contributed by atoms with van der Waals surface area (Å²) >= 11 is 4.95. The van der Waals surface area contributed by atoms with E-state index in [4.69, 9.17) is 22.7 Å². The Bertz CT molecular complexity index is 356. The van der Waals surface area contributed by atoms with Crippen molar-refractivity contribution < 1.29 is 14.3 Å². The number of rotatable bonds is 8. The molecule has 1 saturated carbocycles. The molecular formula is C12H21N3O3S. The minimum absolute atomic E-state index is 0.115. The lowest BCUT2D eigenvalue weighted by molar-refractivity contribution is -0.130. The molecule has 0 aliphatic heterocycles. The largest absolute Gasteiger partial charge is 0.392 e. The van der Waals surface area contributed by atoms with Gasteiger partial charge in [-0.2, -0.15) is 0 Å². The van der Waals surface area contributed by atoms with Gasteiger partial charge in [0.25, 0.3) is 0 Å². The summed E-state index contributed by atoms with van der Waals surface area (Å²) in [5.41, 5.74) is 4.94. The summed E-state index contributed by atoms with van der Waals surface area (Å²) in [5, 5.41) is 5.41. The predicted octanol–water partition coefficient (Wildman–Crippen LogP) is -0.288. The predicted molar refractivity (Wildman–Crippen MR) is 75.6 cm³/mol. The number of ether oxygens (including phenoxy) is 1. The lowest BCUT2D eigenvalue weighted by Gasteiger charge is -2.39. The number of thiocarbonyl (C=S) groups is 1. The van der Waals surface area contributed by atoms with Crippen molar-refractivity contribution in [3.63, 3.8) is 0 Å². The molecular weight excluding hydrogens is 266 g/mol. The van der Waals surface area contributed by atoms with Crippen LogP contribution in [0.25, 0.3) is 0 Å². The second-order valence-corrected chi connectivity index (χ2v) is 5.09. The van der Waals surface area contributed by atoms with Crippen molar-refractivity contribution in [2.45, 2.75) is 25.7 Å². The Labute approximate surface area is 118 Å². The van der Waals surface area contributed by atoms with E-state index in [9.17, 15) is 9.59 Å². The van der Waals surface area contributed by atoms with Gasteiger partial charge < -0.3 is 21.1 Å². The van der Waals surface area contributed by atoms with Crippen molar-refractivity contribution in [2.75, 3.05) is 26.8 Å². The monoisotopic (exact) mass is 287 g/mol. The smallest absolute Gasteiger partial charge is 0.233 e. The van der Waals surface area contributed by atoms with Crippen molar-refractivity contribution in [3.8, 4) is 0 Å². The Hall–Kier alpha value is -1.21. The van der Waals surface area contributed by atoms with Gasteiger partial charge >= 0.3 is 0 Å². The zero-order valence-electron chi connectivity index (χ0n) is 11.2. The number of nitrogens with one attached hydrogen (secondary N) is 2. The molecule has 108 valence electrons. The van der Waals surface area contributed by atoms with Gasteiger partial charge in [0.2, 0.25) is 11.8 Å². The number of nitrogens with two attached hydrogens (primary N) is 1. The van der Waals surface area contributed by atoms with Crippen molar-refractivity contribution in [2.24, 2.45) is 11.1 Å². The first-order valence-electron chi connectivity index (χ1n) is 6.37. The van der Waals surface area contributed by atoms with Crippen molar-refractivity contribution >= 4 is 29.0 Å². The summed E-state index contributed by atoms with van der Waals surface area (Å²) in [6.45, 7) is 1.24. The average Bonchev–Trinajstić information content (AvgIpc) is 2.27. The molecule has 0 heterocycles. The zero-order chi connectivity index (χ0) is 14.3. The van der Waals surface area contributed by atoms with E-state index in [2.05, 4.69) is 10.6 Å². The van der Waals surface area contributed by atoms with Crippen LogP contribution in [0.3, 0.4) is 0 Å². The molecule has 0 saturated heterocycles. The van der Waals surface area contributed by atoms with Crippen molar-refractivity contribution in [1.82, 2.24) is 10.6 Å². The molecule has 6 nitrogen and oxygen atoms in total. The van der Waals surface area contributed by atoms with E-state index in [0.29, 0.717) is 32.5 Å². The molecule has 19 heavy (non-hydrogen) atoms. The van der Waals surface area contributed by atoms with Crippen LogP contribution in [0.5, 0.6) is 0 Å². The van der Waals surface area contributed by atoms with Gasteiger partial charge in [-0.15, -0.1) is 0 Å². The van der Waals surface area contributed by atoms with Crippen LogP contribution < -0.4 is 16.4 Å². The van der Waals surface area contributed by atoms with Crippen LogP contribution in [0, 0.1) is 5.41 Å².